The lowest BCUT2D eigenvalue weighted by atomic mass is 10.00. The summed E-state index contributed by atoms with van der Waals surface area (Å²) in [5, 5.41) is 0. The fourth-order valence-electron chi connectivity index (χ4n) is 4.90. The molecule has 0 aliphatic carbocycles. The fourth-order valence-corrected chi connectivity index (χ4v) is 5.86. The average molecular weight is 588 g/mol. The highest BCUT2D eigenvalue weighted by Crippen LogP contribution is 2.29. The van der Waals surface area contributed by atoms with Crippen molar-refractivity contribution in [3.63, 3.8) is 0 Å². The number of hydrogen-bond acceptors (Lipinski definition) is 5. The first-order chi connectivity index (χ1) is 20.3. The van der Waals surface area contributed by atoms with Gasteiger partial charge in [0.1, 0.15) is 17.8 Å². The molecule has 0 saturated carbocycles. The summed E-state index contributed by atoms with van der Waals surface area (Å²) in [5.74, 6) is 1.71. The highest BCUT2D eigenvalue weighted by molar-refractivity contribution is 6.76. The number of carbonyl (C=O) groups is 1. The number of methoxy groups -OCH3 is 2. The number of ether oxygens (including phenoxy) is 3. The van der Waals surface area contributed by atoms with E-state index in [1.807, 2.05) is 24.3 Å². The second kappa shape index (κ2) is 17.7. The number of carbonyl (C=O) groups excluding carboxylic acids is 1. The van der Waals surface area contributed by atoms with Crippen LogP contribution >= 0.6 is 0 Å². The topological polar surface area (TPSA) is 48.0 Å². The Hall–Kier alpha value is -3.19. The summed E-state index contributed by atoms with van der Waals surface area (Å²) in [6.45, 7) is 9.78. The second-order valence-electron chi connectivity index (χ2n) is 12.0. The van der Waals surface area contributed by atoms with Crippen LogP contribution in [0.25, 0.3) is 0 Å². The molecule has 0 aliphatic heterocycles. The quantitative estimate of drug-likeness (QED) is 0.0800. The minimum absolute atomic E-state index is 0.0949. The van der Waals surface area contributed by atoms with Crippen LogP contribution < -0.4 is 9.47 Å². The van der Waals surface area contributed by atoms with Gasteiger partial charge in [-0.05, 0) is 72.8 Å². The summed E-state index contributed by atoms with van der Waals surface area (Å²) in [4.78, 5) is 14.0. The molecule has 226 valence electrons. The van der Waals surface area contributed by atoms with Crippen molar-refractivity contribution in [1.29, 1.82) is 0 Å². The third-order valence-corrected chi connectivity index (χ3v) is 9.23. The number of allylic oxidation sites excluding steroid dienone is 1. The Morgan fingerprint density at radius 2 is 1.40 bits per heavy atom. The standard InChI is InChI=1S/C36H49NO4Si/c1-39-33-20-16-30(17-21-33)28-37(25-27-42(3,4)5)36(32-12-8-6-9-13-32)15-11-7-10-14-35(24-26-38)41-29-31-18-22-34(40-2)23-19-31/h6-9,11-13,16-23,26,35-36H,10,14-15,24-25,27-29H2,1-5H3/b11-7+/t35-,36-/m0/s1. The van der Waals surface area contributed by atoms with Crippen LogP contribution in [-0.2, 0) is 22.7 Å². The maximum Gasteiger partial charge on any atom is 0.122 e. The number of rotatable bonds is 19. The molecule has 0 N–H and O–H groups in total. The molecule has 0 aliphatic rings. The van der Waals surface area contributed by atoms with Crippen LogP contribution in [0.4, 0.5) is 0 Å². The van der Waals surface area contributed by atoms with Gasteiger partial charge in [-0.3, -0.25) is 4.90 Å². The predicted octanol–water partition coefficient (Wildman–Crippen LogP) is 8.49. The highest BCUT2D eigenvalue weighted by atomic mass is 28.3. The molecule has 0 aromatic heterocycles. The molecule has 42 heavy (non-hydrogen) atoms. The van der Waals surface area contributed by atoms with Crippen molar-refractivity contribution < 1.29 is 19.0 Å². The molecule has 0 fully saturated rings. The van der Waals surface area contributed by atoms with Gasteiger partial charge in [-0.1, -0.05) is 86.4 Å². The summed E-state index contributed by atoms with van der Waals surface area (Å²) in [7, 11) is 2.14. The lowest BCUT2D eigenvalue weighted by Gasteiger charge is -2.33. The summed E-state index contributed by atoms with van der Waals surface area (Å²) >= 11 is 0. The second-order valence-corrected chi connectivity index (χ2v) is 17.6. The van der Waals surface area contributed by atoms with Gasteiger partial charge in [-0.2, -0.15) is 0 Å². The molecular weight excluding hydrogens is 538 g/mol. The van der Waals surface area contributed by atoms with Gasteiger partial charge in [0.15, 0.2) is 0 Å². The van der Waals surface area contributed by atoms with Crippen LogP contribution in [0.3, 0.4) is 0 Å². The van der Waals surface area contributed by atoms with E-state index in [1.165, 1.54) is 17.2 Å². The zero-order valence-corrected chi connectivity index (χ0v) is 27.1. The highest BCUT2D eigenvalue weighted by Gasteiger charge is 2.23. The number of hydrogen-bond donors (Lipinski definition) is 0. The monoisotopic (exact) mass is 587 g/mol. The molecule has 0 radical (unpaired) electrons. The van der Waals surface area contributed by atoms with Gasteiger partial charge in [0, 0.05) is 27.1 Å². The molecule has 0 unspecified atom stereocenters. The zero-order valence-electron chi connectivity index (χ0n) is 26.1. The molecule has 0 saturated heterocycles. The van der Waals surface area contributed by atoms with Gasteiger partial charge in [0.25, 0.3) is 0 Å². The van der Waals surface area contributed by atoms with Gasteiger partial charge >= 0.3 is 0 Å². The predicted molar refractivity (Wildman–Crippen MR) is 176 cm³/mol. The van der Waals surface area contributed by atoms with E-state index in [4.69, 9.17) is 14.2 Å². The zero-order chi connectivity index (χ0) is 30.2. The van der Waals surface area contributed by atoms with Gasteiger partial charge in [0.05, 0.1) is 26.9 Å². The Balaban J connectivity index is 1.66. The molecule has 2 atom stereocenters. The van der Waals surface area contributed by atoms with Crippen LogP contribution in [0.1, 0.15) is 48.4 Å². The third-order valence-electron chi connectivity index (χ3n) is 7.50. The molecule has 6 heteroatoms. The Morgan fingerprint density at radius 1 is 0.786 bits per heavy atom. The molecule has 0 spiro atoms. The molecule has 0 heterocycles. The number of aldehydes is 1. The molecular formula is C36H49NO4Si. The minimum atomic E-state index is -1.23. The SMILES string of the molecule is COc1ccc(CO[C@H](CC=O)CC/C=C/C[C@@H](c2ccccc2)N(CC[Si](C)(C)C)Cc2ccc(OC)cc2)cc1. The maximum atomic E-state index is 11.3. The van der Waals surface area contributed by atoms with Gasteiger partial charge < -0.3 is 19.0 Å². The van der Waals surface area contributed by atoms with E-state index >= 15 is 0 Å². The van der Waals surface area contributed by atoms with Crippen molar-refractivity contribution in [3.8, 4) is 11.5 Å². The van der Waals surface area contributed by atoms with Crippen LogP contribution in [0.5, 0.6) is 11.5 Å². The van der Waals surface area contributed by atoms with Crippen molar-refractivity contribution in [2.45, 2.75) is 76.7 Å². The Labute approximate surface area is 254 Å². The van der Waals surface area contributed by atoms with Crippen LogP contribution in [0, 0.1) is 0 Å². The smallest absolute Gasteiger partial charge is 0.122 e. The van der Waals surface area contributed by atoms with E-state index < -0.39 is 8.07 Å². The number of nitrogens with zero attached hydrogens (tertiary/aromatic N) is 1. The summed E-state index contributed by atoms with van der Waals surface area (Å²) < 4.78 is 16.7. The lowest BCUT2D eigenvalue weighted by Crippen LogP contribution is -2.34. The van der Waals surface area contributed by atoms with Crippen molar-refractivity contribution in [1.82, 2.24) is 4.90 Å². The van der Waals surface area contributed by atoms with E-state index in [9.17, 15) is 4.79 Å². The van der Waals surface area contributed by atoms with Crippen molar-refractivity contribution in [3.05, 3.63) is 108 Å². The molecule has 3 aromatic carbocycles. The van der Waals surface area contributed by atoms with Crippen LogP contribution in [-0.4, -0.2) is 46.1 Å². The molecule has 5 nitrogen and oxygen atoms in total. The Kier molecular flexibility index (Phi) is 14.0. The Bertz CT molecular complexity index is 1190. The fraction of sp³-hybridized carbons (Fsp3) is 0.417. The lowest BCUT2D eigenvalue weighted by molar-refractivity contribution is -0.110. The van der Waals surface area contributed by atoms with E-state index in [2.05, 4.69) is 91.3 Å². The molecule has 3 aromatic rings. The molecule has 3 rings (SSSR count). The maximum absolute atomic E-state index is 11.3. The van der Waals surface area contributed by atoms with E-state index in [0.29, 0.717) is 13.0 Å². The normalized spacial score (nSPS) is 13.3. The van der Waals surface area contributed by atoms with Crippen molar-refractivity contribution in [2.75, 3.05) is 20.8 Å². The summed E-state index contributed by atoms with van der Waals surface area (Å²) in [6.07, 6.45) is 8.46. The van der Waals surface area contributed by atoms with E-state index in [0.717, 1.165) is 55.7 Å². The van der Waals surface area contributed by atoms with Gasteiger partial charge in [-0.25, -0.2) is 0 Å². The first kappa shape index (κ1) is 33.3. The molecule has 0 bridgehead atoms. The van der Waals surface area contributed by atoms with Crippen molar-refractivity contribution in [2.24, 2.45) is 0 Å². The van der Waals surface area contributed by atoms with Crippen molar-refractivity contribution >= 4 is 14.4 Å². The van der Waals surface area contributed by atoms with Crippen LogP contribution in [0.15, 0.2) is 91.0 Å². The van der Waals surface area contributed by atoms with Crippen LogP contribution in [0.2, 0.25) is 25.7 Å². The third kappa shape index (κ3) is 12.0. The summed E-state index contributed by atoms with van der Waals surface area (Å²) in [6, 6.07) is 28.7. The van der Waals surface area contributed by atoms with E-state index in [1.54, 1.807) is 14.2 Å². The first-order valence-corrected chi connectivity index (χ1v) is 18.8. The Morgan fingerprint density at radius 3 is 1.98 bits per heavy atom. The number of benzene rings is 3. The van der Waals surface area contributed by atoms with Gasteiger partial charge in [-0.15, -0.1) is 0 Å². The van der Waals surface area contributed by atoms with Gasteiger partial charge in [0.2, 0.25) is 0 Å². The van der Waals surface area contributed by atoms with E-state index in [-0.39, 0.29) is 12.1 Å². The summed E-state index contributed by atoms with van der Waals surface area (Å²) in [5.41, 5.74) is 3.71. The minimum Gasteiger partial charge on any atom is -0.497 e. The largest absolute Gasteiger partial charge is 0.497 e. The first-order valence-electron chi connectivity index (χ1n) is 15.1. The average Bonchev–Trinajstić information content (AvgIpc) is 3.00. The molecule has 0 amide bonds.